The van der Waals surface area contributed by atoms with E-state index in [0.717, 1.165) is 11.1 Å². The number of phenolic OH excluding ortho intramolecular Hbond substituents is 1. The summed E-state index contributed by atoms with van der Waals surface area (Å²) in [6.07, 6.45) is 2.54. The molecule has 0 radical (unpaired) electrons. The molecule has 1 aromatic carbocycles. The second-order valence-corrected chi connectivity index (χ2v) is 9.76. The van der Waals surface area contributed by atoms with Gasteiger partial charge in [-0.3, -0.25) is 19.3 Å². The summed E-state index contributed by atoms with van der Waals surface area (Å²) < 4.78 is 0.411. The van der Waals surface area contributed by atoms with Crippen molar-refractivity contribution < 1.29 is 29.7 Å². The van der Waals surface area contributed by atoms with Gasteiger partial charge in [0.15, 0.2) is 5.92 Å². The van der Waals surface area contributed by atoms with E-state index in [9.17, 15) is 19.5 Å². The van der Waals surface area contributed by atoms with Crippen LogP contribution < -0.4 is 0 Å². The first-order valence-electron chi connectivity index (χ1n) is 9.46. The summed E-state index contributed by atoms with van der Waals surface area (Å²) in [5.41, 5.74) is 1.30. The third-order valence-corrected chi connectivity index (χ3v) is 6.10. The number of benzene rings is 1. The van der Waals surface area contributed by atoms with E-state index >= 15 is 0 Å². The molecule has 0 saturated carbocycles. The van der Waals surface area contributed by atoms with E-state index in [0.29, 0.717) is 28.6 Å². The number of thiocarbonyl (C=S) groups is 1. The number of thioether (sulfide) groups is 1. The molecule has 30 heavy (non-hydrogen) atoms. The van der Waals surface area contributed by atoms with Crippen molar-refractivity contribution in [3.8, 4) is 5.75 Å². The van der Waals surface area contributed by atoms with Gasteiger partial charge in [-0.15, -0.1) is 0 Å². The van der Waals surface area contributed by atoms with E-state index in [1.54, 1.807) is 18.2 Å². The molecule has 1 amide bonds. The maximum absolute atomic E-state index is 12.7. The number of aromatic hydroxyl groups is 1. The fourth-order valence-corrected chi connectivity index (χ4v) is 4.37. The number of aliphatic carboxylic acids is 2. The number of carboxylic acid groups (broad SMARTS) is 2. The Morgan fingerprint density at radius 1 is 1.20 bits per heavy atom. The third kappa shape index (κ3) is 5.82. The maximum Gasteiger partial charge on any atom is 0.317 e. The number of hydrogen-bond donors (Lipinski definition) is 3. The number of unbranched alkanes of at least 4 members (excludes halogenated alkanes) is 1. The van der Waals surface area contributed by atoms with Gasteiger partial charge in [-0.1, -0.05) is 57.2 Å². The minimum Gasteiger partial charge on any atom is -0.508 e. The van der Waals surface area contributed by atoms with Crippen LogP contribution in [0.2, 0.25) is 0 Å². The molecule has 0 atom stereocenters. The van der Waals surface area contributed by atoms with Crippen molar-refractivity contribution in [2.75, 3.05) is 6.54 Å². The summed E-state index contributed by atoms with van der Waals surface area (Å²) in [6, 6.07) is 5.18. The average molecular weight is 452 g/mol. The molecule has 0 spiro atoms. The predicted octanol–water partition coefficient (Wildman–Crippen LogP) is 3.85. The summed E-state index contributed by atoms with van der Waals surface area (Å²) in [5, 5.41) is 27.9. The van der Waals surface area contributed by atoms with E-state index in [1.165, 1.54) is 16.7 Å². The van der Waals surface area contributed by atoms with Crippen LogP contribution in [-0.2, 0) is 19.8 Å². The summed E-state index contributed by atoms with van der Waals surface area (Å²) in [5.74, 6) is -4.20. The van der Waals surface area contributed by atoms with Crippen LogP contribution in [-0.4, -0.2) is 48.9 Å². The smallest absolute Gasteiger partial charge is 0.317 e. The number of carbonyl (C=O) groups excluding carboxylic acids is 1. The van der Waals surface area contributed by atoms with Gasteiger partial charge >= 0.3 is 11.9 Å². The second-order valence-electron chi connectivity index (χ2n) is 8.08. The zero-order valence-electron chi connectivity index (χ0n) is 17.0. The van der Waals surface area contributed by atoms with E-state index in [-0.39, 0.29) is 23.5 Å². The highest BCUT2D eigenvalue weighted by atomic mass is 32.2. The molecule has 7 nitrogen and oxygen atoms in total. The normalized spacial score (nSPS) is 16.0. The minimum atomic E-state index is -1.44. The molecule has 9 heteroatoms. The highest BCUT2D eigenvalue weighted by molar-refractivity contribution is 8.26. The number of hydrogen-bond acceptors (Lipinski definition) is 6. The minimum absolute atomic E-state index is 0.00160. The zero-order valence-corrected chi connectivity index (χ0v) is 18.7. The number of carbonyl (C=O) groups is 3. The lowest BCUT2D eigenvalue weighted by atomic mass is 9.85. The number of nitrogens with zero attached hydrogens (tertiary/aromatic N) is 1. The fourth-order valence-electron chi connectivity index (χ4n) is 3.06. The van der Waals surface area contributed by atoms with E-state index in [2.05, 4.69) is 0 Å². The second kappa shape index (κ2) is 9.61. The highest BCUT2D eigenvalue weighted by Gasteiger charge is 2.32. The van der Waals surface area contributed by atoms with Crippen LogP contribution in [0.4, 0.5) is 0 Å². The van der Waals surface area contributed by atoms with Crippen LogP contribution in [0.25, 0.3) is 6.08 Å². The molecule has 2 rings (SSSR count). The summed E-state index contributed by atoms with van der Waals surface area (Å²) >= 11 is 6.49. The first-order chi connectivity index (χ1) is 13.9. The van der Waals surface area contributed by atoms with Crippen LogP contribution in [0, 0.1) is 5.92 Å². The molecular weight excluding hydrogens is 426 g/mol. The Morgan fingerprint density at radius 2 is 1.83 bits per heavy atom. The number of carboxylic acids is 2. The van der Waals surface area contributed by atoms with Gasteiger partial charge in [-0.25, -0.2) is 0 Å². The quantitative estimate of drug-likeness (QED) is 0.236. The number of amides is 1. The largest absolute Gasteiger partial charge is 0.508 e. The van der Waals surface area contributed by atoms with Crippen molar-refractivity contribution in [3.05, 3.63) is 34.2 Å². The molecular formula is C21H25NO6S2. The van der Waals surface area contributed by atoms with Gasteiger partial charge < -0.3 is 15.3 Å². The Morgan fingerprint density at radius 3 is 2.40 bits per heavy atom. The first kappa shape index (κ1) is 23.9. The van der Waals surface area contributed by atoms with Crippen molar-refractivity contribution in [1.29, 1.82) is 0 Å². The lowest BCUT2D eigenvalue weighted by Crippen LogP contribution is -2.29. The summed E-state index contributed by atoms with van der Waals surface area (Å²) in [6.45, 7) is 6.27. The van der Waals surface area contributed by atoms with Crippen LogP contribution in [0.5, 0.6) is 5.75 Å². The Labute approximate surface area is 184 Å². The molecule has 1 aliphatic heterocycles. The van der Waals surface area contributed by atoms with Gasteiger partial charge in [0.05, 0.1) is 4.91 Å². The maximum atomic E-state index is 12.7. The molecule has 0 bridgehead atoms. The van der Waals surface area contributed by atoms with Crippen molar-refractivity contribution >= 4 is 52.2 Å². The van der Waals surface area contributed by atoms with Gasteiger partial charge in [-0.2, -0.15) is 0 Å². The van der Waals surface area contributed by atoms with E-state index in [1.807, 2.05) is 26.8 Å². The lowest BCUT2D eigenvalue weighted by molar-refractivity contribution is -0.154. The highest BCUT2D eigenvalue weighted by Crippen LogP contribution is 2.35. The Balaban J connectivity index is 2.04. The van der Waals surface area contributed by atoms with Crippen LogP contribution in [0.3, 0.4) is 0 Å². The van der Waals surface area contributed by atoms with Gasteiger partial charge in [0.2, 0.25) is 0 Å². The molecule has 1 aliphatic rings. The molecule has 1 aromatic rings. The predicted molar refractivity (Wildman–Crippen MR) is 119 cm³/mol. The summed E-state index contributed by atoms with van der Waals surface area (Å²) in [7, 11) is 0. The van der Waals surface area contributed by atoms with Crippen LogP contribution in [0.1, 0.15) is 51.2 Å². The molecule has 0 unspecified atom stereocenters. The van der Waals surface area contributed by atoms with Gasteiger partial charge in [0, 0.05) is 6.54 Å². The van der Waals surface area contributed by atoms with Crippen molar-refractivity contribution in [2.24, 2.45) is 5.92 Å². The molecule has 0 aromatic heterocycles. The fraction of sp³-hybridized carbons (Fsp3) is 0.429. The van der Waals surface area contributed by atoms with Crippen LogP contribution in [0.15, 0.2) is 23.1 Å². The topological polar surface area (TPSA) is 115 Å². The lowest BCUT2D eigenvalue weighted by Gasteiger charge is -2.20. The zero-order chi connectivity index (χ0) is 22.6. The van der Waals surface area contributed by atoms with Gasteiger partial charge in [0.25, 0.3) is 5.91 Å². The third-order valence-electron chi connectivity index (χ3n) is 4.72. The first-order valence-corrected chi connectivity index (χ1v) is 10.7. The average Bonchev–Trinajstić information content (AvgIpc) is 2.88. The van der Waals surface area contributed by atoms with E-state index < -0.39 is 17.9 Å². The number of rotatable bonds is 8. The molecule has 1 fully saturated rings. The van der Waals surface area contributed by atoms with Crippen molar-refractivity contribution in [2.45, 2.75) is 45.4 Å². The SMILES string of the molecule is CC(C)(C)c1cc(C=C2SC(=S)N(CCCCC(C(=O)O)C(=O)O)C2=O)ccc1O. The molecule has 1 saturated heterocycles. The van der Waals surface area contributed by atoms with Crippen LogP contribution >= 0.6 is 24.0 Å². The molecule has 0 aliphatic carbocycles. The van der Waals surface area contributed by atoms with Crippen molar-refractivity contribution in [1.82, 2.24) is 4.90 Å². The Kier molecular flexibility index (Phi) is 7.65. The molecule has 3 N–H and O–H groups in total. The number of phenols is 1. The Bertz CT molecular complexity index is 889. The summed E-state index contributed by atoms with van der Waals surface area (Å²) in [4.78, 5) is 36.5. The van der Waals surface area contributed by atoms with Crippen molar-refractivity contribution in [3.63, 3.8) is 0 Å². The molecule has 1 heterocycles. The monoisotopic (exact) mass is 451 g/mol. The van der Waals surface area contributed by atoms with E-state index in [4.69, 9.17) is 22.4 Å². The molecule has 162 valence electrons. The standard InChI is InChI=1S/C21H25NO6S2/c1-21(2,3)14-10-12(7-8-15(14)23)11-16-17(24)22(20(29)30-16)9-5-4-6-13(18(25)26)19(27)28/h7-8,10-11,13,23H,4-6,9H2,1-3H3,(H,25,26)(H,27,28). The van der Waals surface area contributed by atoms with Gasteiger partial charge in [0.1, 0.15) is 10.1 Å². The Hall–Kier alpha value is -2.39. The van der Waals surface area contributed by atoms with Gasteiger partial charge in [-0.05, 0) is 47.6 Å².